The van der Waals surface area contributed by atoms with Crippen LogP contribution in [0.3, 0.4) is 0 Å². The van der Waals surface area contributed by atoms with E-state index in [4.69, 9.17) is 4.74 Å². The molecule has 4 heterocycles. The van der Waals surface area contributed by atoms with Crippen molar-refractivity contribution in [2.24, 2.45) is 5.92 Å². The van der Waals surface area contributed by atoms with E-state index in [0.29, 0.717) is 30.3 Å². The summed E-state index contributed by atoms with van der Waals surface area (Å²) in [7, 11) is -3.52. The summed E-state index contributed by atoms with van der Waals surface area (Å²) in [5.74, 6) is -0.264. The van der Waals surface area contributed by atoms with Crippen molar-refractivity contribution < 1.29 is 17.9 Å². The zero-order chi connectivity index (χ0) is 20.3. The van der Waals surface area contributed by atoms with Crippen LogP contribution in [0, 0.1) is 5.92 Å². The highest BCUT2D eigenvalue weighted by Crippen LogP contribution is 2.28. The van der Waals surface area contributed by atoms with Crippen molar-refractivity contribution in [1.82, 2.24) is 9.21 Å². The number of carbonyl (C=O) groups is 1. The van der Waals surface area contributed by atoms with Gasteiger partial charge in [0, 0.05) is 31.1 Å². The molecular formula is C20H26N2O4S3. The summed E-state index contributed by atoms with van der Waals surface area (Å²) >= 11 is 2.86. The van der Waals surface area contributed by atoms with Gasteiger partial charge in [0.05, 0.1) is 18.6 Å². The zero-order valence-corrected chi connectivity index (χ0v) is 18.7. The number of amides is 1. The van der Waals surface area contributed by atoms with E-state index in [2.05, 4.69) is 0 Å². The maximum Gasteiger partial charge on any atom is 0.252 e. The minimum Gasteiger partial charge on any atom is -0.376 e. The van der Waals surface area contributed by atoms with Gasteiger partial charge >= 0.3 is 0 Å². The molecular weight excluding hydrogens is 428 g/mol. The summed E-state index contributed by atoms with van der Waals surface area (Å²) in [6.07, 6.45) is 3.50. The highest BCUT2D eigenvalue weighted by molar-refractivity contribution is 7.91. The van der Waals surface area contributed by atoms with Crippen LogP contribution in [0.15, 0.2) is 39.2 Å². The Labute approximate surface area is 180 Å². The van der Waals surface area contributed by atoms with Gasteiger partial charge in [0.2, 0.25) is 5.91 Å². The molecule has 0 aliphatic carbocycles. The normalized spacial score (nSPS) is 23.3. The fourth-order valence-corrected chi connectivity index (χ4v) is 7.40. The molecule has 6 nitrogen and oxygen atoms in total. The summed E-state index contributed by atoms with van der Waals surface area (Å²) < 4.78 is 33.4. The third kappa shape index (κ3) is 4.91. The van der Waals surface area contributed by atoms with Crippen molar-refractivity contribution in [3.63, 3.8) is 0 Å². The van der Waals surface area contributed by atoms with E-state index in [9.17, 15) is 13.2 Å². The molecule has 0 radical (unpaired) electrons. The highest BCUT2D eigenvalue weighted by Gasteiger charge is 2.36. The maximum absolute atomic E-state index is 13.4. The molecule has 158 valence electrons. The lowest BCUT2D eigenvalue weighted by atomic mass is 9.97. The smallest absolute Gasteiger partial charge is 0.252 e. The van der Waals surface area contributed by atoms with Crippen LogP contribution in [0.5, 0.6) is 0 Å². The van der Waals surface area contributed by atoms with Gasteiger partial charge in [0.1, 0.15) is 4.21 Å². The Hall–Kier alpha value is -1.26. The summed E-state index contributed by atoms with van der Waals surface area (Å²) in [5, 5.41) is 3.78. The summed E-state index contributed by atoms with van der Waals surface area (Å²) in [6, 6.07) is 7.40. The van der Waals surface area contributed by atoms with E-state index in [1.165, 1.54) is 15.6 Å². The second-order valence-electron chi connectivity index (χ2n) is 7.57. The van der Waals surface area contributed by atoms with Crippen LogP contribution in [0.25, 0.3) is 0 Å². The average Bonchev–Trinajstić information content (AvgIpc) is 3.50. The Morgan fingerprint density at radius 1 is 1.17 bits per heavy atom. The van der Waals surface area contributed by atoms with E-state index in [-0.39, 0.29) is 24.5 Å². The van der Waals surface area contributed by atoms with Crippen LogP contribution in [0.1, 0.15) is 30.6 Å². The standard InChI is InChI=1S/C20H26N2O4S3/c23-20(21(14-17-6-2-10-26-17)15-18-7-3-11-27-18)16-5-1-9-22(13-16)29(24,25)19-8-4-12-28-19/h3-4,7-8,11-12,16-17H,1-2,5-6,9-10,13-15H2. The van der Waals surface area contributed by atoms with Gasteiger partial charge in [-0.2, -0.15) is 4.31 Å². The fourth-order valence-electron chi connectivity index (χ4n) is 4.02. The molecule has 2 saturated heterocycles. The summed E-state index contributed by atoms with van der Waals surface area (Å²) in [6.45, 7) is 2.61. The number of piperidine rings is 1. The van der Waals surface area contributed by atoms with E-state index < -0.39 is 10.0 Å². The molecule has 2 unspecified atom stereocenters. The lowest BCUT2D eigenvalue weighted by Crippen LogP contribution is -2.47. The van der Waals surface area contributed by atoms with Crippen LogP contribution >= 0.6 is 22.7 Å². The molecule has 2 fully saturated rings. The number of nitrogens with zero attached hydrogens (tertiary/aromatic N) is 2. The number of carbonyl (C=O) groups excluding carboxylic acids is 1. The van der Waals surface area contributed by atoms with Gasteiger partial charge in [0.25, 0.3) is 10.0 Å². The monoisotopic (exact) mass is 454 g/mol. The minimum absolute atomic E-state index is 0.0416. The average molecular weight is 455 g/mol. The van der Waals surface area contributed by atoms with Gasteiger partial charge in [-0.25, -0.2) is 8.42 Å². The van der Waals surface area contributed by atoms with Gasteiger partial charge in [-0.05, 0) is 48.6 Å². The van der Waals surface area contributed by atoms with Crippen LogP contribution in [0.4, 0.5) is 0 Å². The summed E-state index contributed by atoms with van der Waals surface area (Å²) in [5.41, 5.74) is 0. The molecule has 2 aliphatic heterocycles. The number of ether oxygens (including phenoxy) is 1. The summed E-state index contributed by atoms with van der Waals surface area (Å²) in [4.78, 5) is 16.4. The number of rotatable bonds is 7. The maximum atomic E-state index is 13.4. The number of sulfonamides is 1. The van der Waals surface area contributed by atoms with Gasteiger partial charge < -0.3 is 9.64 Å². The molecule has 0 spiro atoms. The second-order valence-corrected chi connectivity index (χ2v) is 11.7. The molecule has 2 atom stereocenters. The third-order valence-corrected chi connectivity index (χ3v) is 9.61. The second kappa shape index (κ2) is 9.26. The van der Waals surface area contributed by atoms with Crippen LogP contribution in [0.2, 0.25) is 0 Å². The molecule has 9 heteroatoms. The van der Waals surface area contributed by atoms with Crippen LogP contribution < -0.4 is 0 Å². The molecule has 1 amide bonds. The Bertz CT molecular complexity index is 890. The molecule has 0 N–H and O–H groups in total. The van der Waals surface area contributed by atoms with Gasteiger partial charge in [-0.3, -0.25) is 4.79 Å². The fraction of sp³-hybridized carbons (Fsp3) is 0.550. The van der Waals surface area contributed by atoms with Gasteiger partial charge in [-0.15, -0.1) is 22.7 Å². The lowest BCUT2D eigenvalue weighted by molar-refractivity contribution is -0.139. The van der Waals surface area contributed by atoms with E-state index in [0.717, 1.165) is 30.7 Å². The molecule has 2 aliphatic rings. The molecule has 2 aromatic heterocycles. The van der Waals surface area contributed by atoms with Crippen molar-refractivity contribution in [3.05, 3.63) is 39.9 Å². The predicted molar refractivity (Wildman–Crippen MR) is 115 cm³/mol. The Balaban J connectivity index is 1.48. The van der Waals surface area contributed by atoms with Crippen molar-refractivity contribution >= 4 is 38.6 Å². The number of thiophene rings is 2. The first-order valence-electron chi connectivity index (χ1n) is 10.0. The van der Waals surface area contributed by atoms with E-state index in [1.807, 2.05) is 22.4 Å². The van der Waals surface area contributed by atoms with Gasteiger partial charge in [0.15, 0.2) is 0 Å². The van der Waals surface area contributed by atoms with E-state index >= 15 is 0 Å². The van der Waals surface area contributed by atoms with Gasteiger partial charge in [-0.1, -0.05) is 12.1 Å². The Kier molecular flexibility index (Phi) is 6.70. The SMILES string of the molecule is O=C(C1CCCN(S(=O)(=O)c2cccs2)C1)N(Cc1cccs1)CC1CCCO1. The largest absolute Gasteiger partial charge is 0.376 e. The number of hydrogen-bond acceptors (Lipinski definition) is 6. The topological polar surface area (TPSA) is 66.9 Å². The third-order valence-electron chi connectivity index (χ3n) is 5.51. The molecule has 0 aromatic carbocycles. The molecule has 4 rings (SSSR count). The molecule has 2 aromatic rings. The lowest BCUT2D eigenvalue weighted by Gasteiger charge is -2.34. The first-order valence-corrected chi connectivity index (χ1v) is 13.2. The minimum atomic E-state index is -3.52. The molecule has 0 bridgehead atoms. The Morgan fingerprint density at radius 3 is 2.69 bits per heavy atom. The quantitative estimate of drug-likeness (QED) is 0.643. The first kappa shape index (κ1) is 21.0. The zero-order valence-electron chi connectivity index (χ0n) is 16.2. The van der Waals surface area contributed by atoms with Crippen molar-refractivity contribution in [2.45, 2.75) is 42.5 Å². The first-order chi connectivity index (χ1) is 14.0. The van der Waals surface area contributed by atoms with Crippen molar-refractivity contribution in [3.8, 4) is 0 Å². The van der Waals surface area contributed by atoms with Crippen LogP contribution in [-0.4, -0.2) is 55.9 Å². The van der Waals surface area contributed by atoms with Crippen LogP contribution in [-0.2, 0) is 26.1 Å². The van der Waals surface area contributed by atoms with E-state index in [1.54, 1.807) is 28.8 Å². The van der Waals surface area contributed by atoms with Crippen molar-refractivity contribution in [2.75, 3.05) is 26.2 Å². The predicted octanol–water partition coefficient (Wildman–Crippen LogP) is 3.42. The van der Waals surface area contributed by atoms with Crippen molar-refractivity contribution in [1.29, 1.82) is 0 Å². The highest BCUT2D eigenvalue weighted by atomic mass is 32.2. The molecule has 29 heavy (non-hydrogen) atoms. The Morgan fingerprint density at radius 2 is 2.00 bits per heavy atom. The molecule has 0 saturated carbocycles. The number of hydrogen-bond donors (Lipinski definition) is 0.